The molecule has 1 fully saturated rings. The summed E-state index contributed by atoms with van der Waals surface area (Å²) in [6, 6.07) is 14.2. The molecule has 33 heavy (non-hydrogen) atoms. The number of rotatable bonds is 5. The third-order valence-electron chi connectivity index (χ3n) is 5.11. The molecule has 1 saturated heterocycles. The summed E-state index contributed by atoms with van der Waals surface area (Å²) in [6.45, 7) is 3.51. The Morgan fingerprint density at radius 3 is 2.58 bits per heavy atom. The second-order valence-corrected chi connectivity index (χ2v) is 8.64. The molecule has 2 aromatic carbocycles. The van der Waals surface area contributed by atoms with Gasteiger partial charge >= 0.3 is 11.9 Å². The molecule has 1 atom stereocenters. The van der Waals surface area contributed by atoms with Crippen LogP contribution in [0, 0.1) is 6.92 Å². The van der Waals surface area contributed by atoms with E-state index < -0.39 is 23.7 Å². The number of carbonyl (C=O) groups excluding carboxylic acids is 3. The first-order chi connectivity index (χ1) is 15.8. The van der Waals surface area contributed by atoms with Crippen LogP contribution in [0.1, 0.15) is 39.5 Å². The lowest BCUT2D eigenvalue weighted by Crippen LogP contribution is -2.29. The summed E-state index contributed by atoms with van der Waals surface area (Å²) in [5.74, 6) is -2.58. The molecular weight excluding hydrogens is 464 g/mol. The van der Waals surface area contributed by atoms with Crippen LogP contribution in [-0.2, 0) is 14.3 Å². The first kappa shape index (κ1) is 22.7. The van der Waals surface area contributed by atoms with Crippen LogP contribution in [0.5, 0.6) is 0 Å². The van der Waals surface area contributed by atoms with E-state index in [-0.39, 0.29) is 27.9 Å². The molecule has 1 unspecified atom stereocenters. The molecule has 1 amide bonds. The lowest BCUT2D eigenvalue weighted by atomic mass is 9.95. The van der Waals surface area contributed by atoms with Crippen molar-refractivity contribution in [2.24, 2.45) is 0 Å². The molecule has 0 spiro atoms. The minimum Gasteiger partial charge on any atom is -0.507 e. The molecule has 2 heterocycles. The highest BCUT2D eigenvalue weighted by molar-refractivity contribution is 7.17. The number of carbonyl (C=O) groups is 3. The van der Waals surface area contributed by atoms with Crippen molar-refractivity contribution in [2.45, 2.75) is 19.9 Å². The van der Waals surface area contributed by atoms with Crippen LogP contribution in [-0.4, -0.2) is 34.4 Å². The summed E-state index contributed by atoms with van der Waals surface area (Å²) in [6.07, 6.45) is 0. The fourth-order valence-corrected chi connectivity index (χ4v) is 4.83. The van der Waals surface area contributed by atoms with Gasteiger partial charge in [0, 0.05) is 10.6 Å². The zero-order valence-electron chi connectivity index (χ0n) is 17.7. The van der Waals surface area contributed by atoms with Crippen molar-refractivity contribution in [3.05, 3.63) is 86.9 Å². The predicted molar refractivity (Wildman–Crippen MR) is 125 cm³/mol. The number of aromatic nitrogens is 1. The number of halogens is 1. The molecule has 9 heteroatoms. The third-order valence-corrected chi connectivity index (χ3v) is 6.48. The SMILES string of the molecule is CCOC(=O)c1sc(N2C(=O)C(=O)/C(=C(/O)c3ccccc3)C2c2cccc(Cl)c2)nc1C. The number of benzene rings is 2. The number of thiazole rings is 1. The molecular formula is C24H19ClN2O5S. The number of anilines is 1. The maximum atomic E-state index is 13.2. The van der Waals surface area contributed by atoms with Crippen LogP contribution >= 0.6 is 22.9 Å². The highest BCUT2D eigenvalue weighted by Gasteiger charge is 2.48. The Bertz CT molecular complexity index is 1290. The number of hydrogen-bond acceptors (Lipinski definition) is 7. The maximum Gasteiger partial charge on any atom is 0.350 e. The van der Waals surface area contributed by atoms with E-state index in [1.165, 1.54) is 4.90 Å². The average Bonchev–Trinajstić information content (AvgIpc) is 3.31. The summed E-state index contributed by atoms with van der Waals surface area (Å²) in [5.41, 5.74) is 1.21. The number of amides is 1. The molecule has 168 valence electrons. The zero-order chi connectivity index (χ0) is 23.7. The fraction of sp³-hybridized carbons (Fsp3) is 0.167. The van der Waals surface area contributed by atoms with E-state index in [2.05, 4.69) is 4.98 Å². The molecule has 0 saturated carbocycles. The molecule has 1 aliphatic heterocycles. The number of aliphatic hydroxyl groups is 1. The number of esters is 1. The molecule has 0 bridgehead atoms. The summed E-state index contributed by atoms with van der Waals surface area (Å²) >= 11 is 7.15. The van der Waals surface area contributed by atoms with Crippen molar-refractivity contribution >= 4 is 51.5 Å². The number of ether oxygens (including phenoxy) is 1. The van der Waals surface area contributed by atoms with E-state index in [4.69, 9.17) is 16.3 Å². The van der Waals surface area contributed by atoms with E-state index >= 15 is 0 Å². The number of ketones is 1. The van der Waals surface area contributed by atoms with Gasteiger partial charge in [-0.3, -0.25) is 14.5 Å². The Morgan fingerprint density at radius 2 is 1.91 bits per heavy atom. The van der Waals surface area contributed by atoms with Crippen molar-refractivity contribution < 1.29 is 24.2 Å². The maximum absolute atomic E-state index is 13.2. The monoisotopic (exact) mass is 482 g/mol. The number of aliphatic hydroxyl groups excluding tert-OH is 1. The highest BCUT2D eigenvalue weighted by atomic mass is 35.5. The third kappa shape index (κ3) is 4.15. The minimum absolute atomic E-state index is 0.0843. The second kappa shape index (κ2) is 9.17. The molecule has 1 N–H and O–H groups in total. The Kier molecular flexibility index (Phi) is 6.31. The molecule has 0 radical (unpaired) electrons. The Hall–Kier alpha value is -3.49. The van der Waals surface area contributed by atoms with Crippen LogP contribution in [0.25, 0.3) is 5.76 Å². The number of Topliss-reactive ketones (excluding diaryl/α,β-unsaturated/α-hetero) is 1. The van der Waals surface area contributed by atoms with Gasteiger partial charge in [0.2, 0.25) is 0 Å². The zero-order valence-corrected chi connectivity index (χ0v) is 19.3. The molecule has 4 rings (SSSR count). The van der Waals surface area contributed by atoms with Crippen LogP contribution in [0.3, 0.4) is 0 Å². The number of nitrogens with zero attached hydrogens (tertiary/aromatic N) is 2. The van der Waals surface area contributed by atoms with E-state index in [1.54, 1.807) is 68.4 Å². The highest BCUT2D eigenvalue weighted by Crippen LogP contribution is 2.44. The lowest BCUT2D eigenvalue weighted by molar-refractivity contribution is -0.132. The van der Waals surface area contributed by atoms with E-state index in [0.717, 1.165) is 11.3 Å². The van der Waals surface area contributed by atoms with Gasteiger partial charge in [0.25, 0.3) is 5.78 Å². The van der Waals surface area contributed by atoms with Crippen LogP contribution in [0.15, 0.2) is 60.2 Å². The topological polar surface area (TPSA) is 96.8 Å². The van der Waals surface area contributed by atoms with Crippen LogP contribution in [0.4, 0.5) is 5.13 Å². The van der Waals surface area contributed by atoms with Gasteiger partial charge in [-0.25, -0.2) is 9.78 Å². The molecule has 7 nitrogen and oxygen atoms in total. The molecule has 1 aromatic heterocycles. The average molecular weight is 483 g/mol. The van der Waals surface area contributed by atoms with Crippen LogP contribution in [0.2, 0.25) is 5.02 Å². The first-order valence-corrected chi connectivity index (χ1v) is 11.3. The Balaban J connectivity index is 1.92. The summed E-state index contributed by atoms with van der Waals surface area (Å²) < 4.78 is 5.07. The van der Waals surface area contributed by atoms with Crippen molar-refractivity contribution in [3.63, 3.8) is 0 Å². The second-order valence-electron chi connectivity index (χ2n) is 7.22. The molecule has 1 aliphatic rings. The van der Waals surface area contributed by atoms with Crippen molar-refractivity contribution in [1.82, 2.24) is 4.98 Å². The largest absolute Gasteiger partial charge is 0.507 e. The van der Waals surface area contributed by atoms with Crippen molar-refractivity contribution in [1.29, 1.82) is 0 Å². The Morgan fingerprint density at radius 1 is 1.18 bits per heavy atom. The minimum atomic E-state index is -0.982. The summed E-state index contributed by atoms with van der Waals surface area (Å²) in [5, 5.41) is 11.6. The number of aryl methyl sites for hydroxylation is 1. The van der Waals surface area contributed by atoms with E-state index in [9.17, 15) is 19.5 Å². The van der Waals surface area contributed by atoms with Gasteiger partial charge in [0.05, 0.1) is 23.9 Å². The van der Waals surface area contributed by atoms with Gasteiger partial charge in [-0.15, -0.1) is 0 Å². The van der Waals surface area contributed by atoms with Gasteiger partial charge in [-0.1, -0.05) is 65.4 Å². The fourth-order valence-electron chi connectivity index (χ4n) is 3.64. The van der Waals surface area contributed by atoms with Crippen molar-refractivity contribution in [2.75, 3.05) is 11.5 Å². The normalized spacial score (nSPS) is 17.4. The summed E-state index contributed by atoms with van der Waals surface area (Å²) in [7, 11) is 0. The standard InChI is InChI=1S/C24H19ClN2O5S/c1-3-32-23(31)21-13(2)26-24(33-21)27-18(15-10-7-11-16(25)12-15)17(20(29)22(27)30)19(28)14-8-5-4-6-9-14/h4-12,18,28H,3H2,1-2H3/b19-17+. The van der Waals surface area contributed by atoms with E-state index in [0.29, 0.717) is 21.8 Å². The van der Waals surface area contributed by atoms with E-state index in [1.807, 2.05) is 0 Å². The van der Waals surface area contributed by atoms with Gasteiger partial charge < -0.3 is 9.84 Å². The number of hydrogen-bond donors (Lipinski definition) is 1. The predicted octanol–water partition coefficient (Wildman–Crippen LogP) is 4.91. The van der Waals surface area contributed by atoms with Crippen molar-refractivity contribution in [3.8, 4) is 0 Å². The summed E-state index contributed by atoms with van der Waals surface area (Å²) in [4.78, 5) is 44.4. The first-order valence-electron chi connectivity index (χ1n) is 10.1. The van der Waals surface area contributed by atoms with Gasteiger partial charge in [-0.2, -0.15) is 0 Å². The quantitative estimate of drug-likeness (QED) is 0.240. The Labute approximate surface area is 198 Å². The molecule has 0 aliphatic carbocycles. The lowest BCUT2D eigenvalue weighted by Gasteiger charge is -2.23. The van der Waals surface area contributed by atoms with Gasteiger partial charge in [-0.05, 0) is 31.5 Å². The van der Waals surface area contributed by atoms with Gasteiger partial charge in [0.1, 0.15) is 10.6 Å². The van der Waals surface area contributed by atoms with Gasteiger partial charge in [0.15, 0.2) is 5.13 Å². The van der Waals surface area contributed by atoms with Crippen LogP contribution < -0.4 is 4.90 Å². The molecule has 3 aromatic rings. The smallest absolute Gasteiger partial charge is 0.350 e.